The van der Waals surface area contributed by atoms with E-state index in [-0.39, 0.29) is 52.8 Å². The first-order valence-electron chi connectivity index (χ1n) is 11.6. The minimum atomic E-state index is -4.81. The highest BCUT2D eigenvalue weighted by Gasteiger charge is 2.51. The largest absolute Gasteiger partial charge is 0.484 e. The smallest absolute Gasteiger partial charge is 0.427 e. The van der Waals surface area contributed by atoms with E-state index in [1.807, 2.05) is 13.8 Å². The third kappa shape index (κ3) is 6.14. The molecule has 1 aromatic carbocycles. The summed E-state index contributed by atoms with van der Waals surface area (Å²) in [6.45, 7) is 7.78. The van der Waals surface area contributed by atoms with E-state index in [1.165, 1.54) is 36.0 Å². The zero-order valence-electron chi connectivity index (χ0n) is 21.7. The van der Waals surface area contributed by atoms with Crippen LogP contribution >= 0.6 is 0 Å². The lowest BCUT2D eigenvalue weighted by Gasteiger charge is -2.35. The minimum absolute atomic E-state index is 0.0177. The number of halogens is 3. The van der Waals surface area contributed by atoms with Crippen LogP contribution in [0.25, 0.3) is 0 Å². The number of anilines is 2. The molecular formula is C23H30F3N5O6S. The quantitative estimate of drug-likeness (QED) is 0.526. The van der Waals surface area contributed by atoms with Crippen molar-refractivity contribution >= 4 is 33.4 Å². The number of sulfonamides is 1. The number of aromatic nitrogens is 2. The van der Waals surface area contributed by atoms with Crippen LogP contribution < -0.4 is 19.7 Å². The monoisotopic (exact) mass is 561 g/mol. The highest BCUT2D eigenvalue weighted by molar-refractivity contribution is 7.92. The van der Waals surface area contributed by atoms with Crippen LogP contribution in [0.5, 0.6) is 5.75 Å². The van der Waals surface area contributed by atoms with Gasteiger partial charge in [0.1, 0.15) is 16.7 Å². The Labute approximate surface area is 218 Å². The number of alkyl halides is 3. The molecule has 11 nitrogen and oxygen atoms in total. The number of carbonyl (C=O) groups is 2. The van der Waals surface area contributed by atoms with Gasteiger partial charge in [0.15, 0.2) is 0 Å². The summed E-state index contributed by atoms with van der Waals surface area (Å²) in [5.41, 5.74) is -2.48. The van der Waals surface area contributed by atoms with Crippen molar-refractivity contribution in [2.45, 2.75) is 70.4 Å². The molecule has 0 saturated heterocycles. The van der Waals surface area contributed by atoms with Crippen LogP contribution in [0.2, 0.25) is 0 Å². The molecule has 38 heavy (non-hydrogen) atoms. The summed E-state index contributed by atoms with van der Waals surface area (Å²) in [4.78, 5) is 23.6. The van der Waals surface area contributed by atoms with E-state index in [2.05, 4.69) is 20.5 Å². The molecule has 210 valence electrons. The van der Waals surface area contributed by atoms with Gasteiger partial charge in [-0.2, -0.15) is 18.3 Å². The van der Waals surface area contributed by atoms with Gasteiger partial charge in [-0.3, -0.25) is 19.1 Å². The predicted molar refractivity (Wildman–Crippen MR) is 132 cm³/mol. The van der Waals surface area contributed by atoms with E-state index in [9.17, 15) is 31.2 Å². The van der Waals surface area contributed by atoms with Crippen LogP contribution in [-0.4, -0.2) is 61.2 Å². The first-order chi connectivity index (χ1) is 17.4. The van der Waals surface area contributed by atoms with Gasteiger partial charge < -0.3 is 14.8 Å². The van der Waals surface area contributed by atoms with Gasteiger partial charge in [-0.05, 0) is 52.8 Å². The van der Waals surface area contributed by atoms with Crippen molar-refractivity contribution < 1.29 is 40.7 Å². The first kappa shape index (κ1) is 29.1. The van der Waals surface area contributed by atoms with Gasteiger partial charge in [-0.1, -0.05) is 0 Å². The standard InChI is InChI=1S/C23H30F3N5O6S/c1-13(2)30-12-20(14(3)29-30)38(34,35)31-11-17(10-27-15(4)32)36-19-8-7-16(9-18(19)31)28-21(33)37-22(5,6)23(24,25)26/h7-9,12-13,17H,10-11H2,1-6H3,(H,27,32)(H,28,33)/t17-/m0/s1. The van der Waals surface area contributed by atoms with Crippen molar-refractivity contribution in [3.8, 4) is 5.75 Å². The Morgan fingerprint density at radius 1 is 1.26 bits per heavy atom. The molecule has 1 aliphatic rings. The second kappa shape index (κ2) is 10.3. The Bertz CT molecular complexity index is 1320. The van der Waals surface area contributed by atoms with Crippen molar-refractivity contribution in [1.29, 1.82) is 0 Å². The second-order valence-corrected chi connectivity index (χ2v) is 11.4. The number of ether oxygens (including phenoxy) is 2. The summed E-state index contributed by atoms with van der Waals surface area (Å²) < 4.78 is 79.9. The van der Waals surface area contributed by atoms with Gasteiger partial charge in [-0.15, -0.1) is 0 Å². The van der Waals surface area contributed by atoms with Crippen LogP contribution in [-0.2, 0) is 19.6 Å². The number of fused-ring (bicyclic) bond motifs is 1. The Hall–Kier alpha value is -3.49. The number of benzene rings is 1. The summed E-state index contributed by atoms with van der Waals surface area (Å²) in [5, 5.41) is 9.07. The van der Waals surface area contributed by atoms with Crippen LogP contribution in [0.15, 0.2) is 29.3 Å². The fourth-order valence-electron chi connectivity index (χ4n) is 3.52. The highest BCUT2D eigenvalue weighted by Crippen LogP contribution is 2.40. The molecule has 0 spiro atoms. The molecule has 1 aliphatic heterocycles. The highest BCUT2D eigenvalue weighted by atomic mass is 32.2. The molecule has 0 radical (unpaired) electrons. The molecule has 2 heterocycles. The number of aryl methyl sites for hydroxylation is 1. The van der Waals surface area contributed by atoms with E-state index >= 15 is 0 Å². The van der Waals surface area contributed by atoms with Crippen molar-refractivity contribution in [3.05, 3.63) is 30.1 Å². The van der Waals surface area contributed by atoms with Crippen molar-refractivity contribution in [2.24, 2.45) is 0 Å². The van der Waals surface area contributed by atoms with Crippen molar-refractivity contribution in [2.75, 3.05) is 22.7 Å². The number of rotatable bonds is 7. The van der Waals surface area contributed by atoms with Gasteiger partial charge in [-0.25, -0.2) is 13.2 Å². The average molecular weight is 562 g/mol. The van der Waals surface area contributed by atoms with Crippen LogP contribution in [0.3, 0.4) is 0 Å². The van der Waals surface area contributed by atoms with E-state index in [4.69, 9.17) is 4.74 Å². The molecule has 3 rings (SSSR count). The third-order valence-electron chi connectivity index (χ3n) is 5.72. The number of nitrogens with zero attached hydrogens (tertiary/aromatic N) is 3. The molecule has 2 amide bonds. The molecule has 0 bridgehead atoms. The van der Waals surface area contributed by atoms with E-state index in [0.717, 1.165) is 4.31 Å². The van der Waals surface area contributed by atoms with E-state index in [1.54, 1.807) is 6.92 Å². The number of amides is 2. The maximum Gasteiger partial charge on any atom is 0.427 e. The van der Waals surface area contributed by atoms with Gasteiger partial charge in [0.25, 0.3) is 10.0 Å². The Morgan fingerprint density at radius 2 is 1.92 bits per heavy atom. The number of hydrogen-bond acceptors (Lipinski definition) is 7. The summed E-state index contributed by atoms with van der Waals surface area (Å²) in [6.07, 6.45) is -5.53. The number of hydrogen-bond donors (Lipinski definition) is 2. The number of nitrogens with one attached hydrogen (secondary N) is 2. The second-order valence-electron chi connectivity index (χ2n) is 9.57. The van der Waals surface area contributed by atoms with Gasteiger partial charge in [0.2, 0.25) is 11.5 Å². The van der Waals surface area contributed by atoms with Crippen LogP contribution in [0.4, 0.5) is 29.3 Å². The molecule has 0 fully saturated rings. The summed E-state index contributed by atoms with van der Waals surface area (Å²) in [7, 11) is -4.22. The maximum atomic E-state index is 13.8. The lowest BCUT2D eigenvalue weighted by Crippen LogP contribution is -2.48. The van der Waals surface area contributed by atoms with Gasteiger partial charge >= 0.3 is 12.3 Å². The summed E-state index contributed by atoms with van der Waals surface area (Å²) in [6, 6.07) is 3.84. The molecule has 2 N–H and O–H groups in total. The SMILES string of the molecule is CC(=O)NC[C@H]1CN(S(=O)(=O)c2cn(C(C)C)nc2C)c2cc(NC(=O)OC(C)(C)C(F)(F)F)ccc2O1. The zero-order valence-corrected chi connectivity index (χ0v) is 22.5. The normalized spacial score (nSPS) is 16.1. The molecule has 1 atom stereocenters. The Morgan fingerprint density at radius 3 is 2.47 bits per heavy atom. The van der Waals surface area contributed by atoms with Gasteiger partial charge in [0, 0.05) is 24.8 Å². The Balaban J connectivity index is 1.99. The summed E-state index contributed by atoms with van der Waals surface area (Å²) >= 11 is 0. The lowest BCUT2D eigenvalue weighted by molar-refractivity contribution is -0.242. The topological polar surface area (TPSA) is 132 Å². The van der Waals surface area contributed by atoms with Crippen LogP contribution in [0, 0.1) is 6.92 Å². The molecular weight excluding hydrogens is 531 g/mol. The molecule has 1 aromatic heterocycles. The van der Waals surface area contributed by atoms with Crippen molar-refractivity contribution in [3.63, 3.8) is 0 Å². The maximum absolute atomic E-state index is 13.8. The average Bonchev–Trinajstić information content (AvgIpc) is 3.18. The first-order valence-corrected chi connectivity index (χ1v) is 13.1. The summed E-state index contributed by atoms with van der Waals surface area (Å²) in [5.74, 6) is -0.207. The minimum Gasteiger partial charge on any atom is -0.484 e. The lowest BCUT2D eigenvalue weighted by atomic mass is 10.1. The zero-order chi connectivity index (χ0) is 28.6. The molecule has 2 aromatic rings. The predicted octanol–water partition coefficient (Wildman–Crippen LogP) is 3.75. The fourth-order valence-corrected chi connectivity index (χ4v) is 5.17. The van der Waals surface area contributed by atoms with Crippen LogP contribution in [0.1, 0.15) is 46.4 Å². The molecule has 0 saturated carbocycles. The van der Waals surface area contributed by atoms with E-state index in [0.29, 0.717) is 13.8 Å². The third-order valence-corrected chi connectivity index (χ3v) is 7.60. The molecule has 15 heteroatoms. The number of carbonyl (C=O) groups excluding carboxylic acids is 2. The van der Waals surface area contributed by atoms with Gasteiger partial charge in [0.05, 0.1) is 24.5 Å². The molecule has 0 unspecified atom stereocenters. The fraction of sp³-hybridized carbons (Fsp3) is 0.522. The Kier molecular flexibility index (Phi) is 7.91. The van der Waals surface area contributed by atoms with E-state index < -0.39 is 34.0 Å². The molecule has 0 aliphatic carbocycles. The van der Waals surface area contributed by atoms with Crippen molar-refractivity contribution in [1.82, 2.24) is 15.1 Å².